The van der Waals surface area contributed by atoms with Crippen LogP contribution in [0.4, 0.5) is 5.69 Å². The SMILES string of the molecule is Cc1ccc2c(c1)N(C(=O)Cn1cnc3c(oc4ccccc43)c1=O)CCO2. The van der Waals surface area contributed by atoms with E-state index in [0.717, 1.165) is 16.6 Å². The highest BCUT2D eigenvalue weighted by atomic mass is 16.5. The minimum atomic E-state index is -0.368. The molecule has 7 nitrogen and oxygen atoms in total. The summed E-state index contributed by atoms with van der Waals surface area (Å²) in [5.74, 6) is 0.470. The molecule has 3 heterocycles. The lowest BCUT2D eigenvalue weighted by Crippen LogP contribution is -2.41. The number of rotatable bonds is 2. The van der Waals surface area contributed by atoms with E-state index in [4.69, 9.17) is 9.15 Å². The Morgan fingerprint density at radius 3 is 2.96 bits per heavy atom. The van der Waals surface area contributed by atoms with Gasteiger partial charge in [0.25, 0.3) is 5.56 Å². The molecule has 7 heteroatoms. The molecule has 140 valence electrons. The van der Waals surface area contributed by atoms with Gasteiger partial charge >= 0.3 is 0 Å². The van der Waals surface area contributed by atoms with Crippen LogP contribution in [0.1, 0.15) is 5.56 Å². The Balaban J connectivity index is 1.52. The zero-order valence-electron chi connectivity index (χ0n) is 15.2. The van der Waals surface area contributed by atoms with E-state index in [9.17, 15) is 9.59 Å². The van der Waals surface area contributed by atoms with Crippen LogP contribution in [0.3, 0.4) is 0 Å². The molecule has 0 saturated heterocycles. The molecule has 2 aromatic carbocycles. The summed E-state index contributed by atoms with van der Waals surface area (Å²) >= 11 is 0. The predicted octanol–water partition coefficient (Wildman–Crippen LogP) is 2.88. The second-order valence-corrected chi connectivity index (χ2v) is 6.82. The van der Waals surface area contributed by atoms with Crippen LogP contribution in [0.25, 0.3) is 22.1 Å². The molecule has 28 heavy (non-hydrogen) atoms. The zero-order chi connectivity index (χ0) is 19.3. The van der Waals surface area contributed by atoms with E-state index in [2.05, 4.69) is 4.98 Å². The molecule has 5 rings (SSSR count). The number of ether oxygens (including phenoxy) is 1. The van der Waals surface area contributed by atoms with Crippen molar-refractivity contribution in [1.29, 1.82) is 0 Å². The molecule has 2 aromatic heterocycles. The van der Waals surface area contributed by atoms with E-state index in [0.29, 0.717) is 30.0 Å². The van der Waals surface area contributed by atoms with Crippen LogP contribution in [0.15, 0.2) is 58.0 Å². The molecule has 1 aliphatic rings. The van der Waals surface area contributed by atoms with Gasteiger partial charge in [0.1, 0.15) is 30.0 Å². The third-order valence-corrected chi connectivity index (χ3v) is 4.93. The predicted molar refractivity (Wildman–Crippen MR) is 105 cm³/mol. The molecule has 1 aliphatic heterocycles. The fourth-order valence-electron chi connectivity index (χ4n) is 3.55. The summed E-state index contributed by atoms with van der Waals surface area (Å²) in [6.07, 6.45) is 1.40. The smallest absolute Gasteiger partial charge is 0.297 e. The monoisotopic (exact) mass is 375 g/mol. The highest BCUT2D eigenvalue weighted by Crippen LogP contribution is 2.32. The average molecular weight is 375 g/mol. The number of carbonyl (C=O) groups excluding carboxylic acids is 1. The van der Waals surface area contributed by atoms with Crippen molar-refractivity contribution in [2.24, 2.45) is 0 Å². The van der Waals surface area contributed by atoms with Crippen molar-refractivity contribution >= 4 is 33.7 Å². The third-order valence-electron chi connectivity index (χ3n) is 4.93. The van der Waals surface area contributed by atoms with E-state index in [1.165, 1.54) is 10.9 Å². The molecule has 0 N–H and O–H groups in total. The van der Waals surface area contributed by atoms with Crippen LogP contribution in [0.5, 0.6) is 5.75 Å². The van der Waals surface area contributed by atoms with E-state index in [1.807, 2.05) is 43.3 Å². The molecule has 0 aliphatic carbocycles. The van der Waals surface area contributed by atoms with Crippen LogP contribution in [-0.2, 0) is 11.3 Å². The number of para-hydroxylation sites is 1. The minimum Gasteiger partial charge on any atom is -0.490 e. The lowest BCUT2D eigenvalue weighted by atomic mass is 10.1. The Morgan fingerprint density at radius 1 is 1.21 bits per heavy atom. The minimum absolute atomic E-state index is 0.119. The van der Waals surface area contributed by atoms with Gasteiger partial charge in [-0.25, -0.2) is 4.98 Å². The number of aromatic nitrogens is 2. The largest absolute Gasteiger partial charge is 0.490 e. The average Bonchev–Trinajstić information content (AvgIpc) is 3.09. The Morgan fingerprint density at radius 2 is 2.07 bits per heavy atom. The topological polar surface area (TPSA) is 77.6 Å². The Labute approximate surface area is 159 Å². The summed E-state index contributed by atoms with van der Waals surface area (Å²) < 4.78 is 12.6. The van der Waals surface area contributed by atoms with Gasteiger partial charge in [0.15, 0.2) is 0 Å². The maximum atomic E-state index is 13.0. The Bertz CT molecular complexity index is 1290. The fraction of sp³-hybridized carbons (Fsp3) is 0.190. The summed E-state index contributed by atoms with van der Waals surface area (Å²) in [6, 6.07) is 13.1. The summed E-state index contributed by atoms with van der Waals surface area (Å²) in [5, 5.41) is 0.783. The Kier molecular flexibility index (Phi) is 3.68. The van der Waals surface area contributed by atoms with Gasteiger partial charge in [-0.15, -0.1) is 0 Å². The molecule has 1 amide bonds. The molecule has 0 bridgehead atoms. The molecular formula is C21H17N3O4. The van der Waals surface area contributed by atoms with E-state index >= 15 is 0 Å². The zero-order valence-corrected chi connectivity index (χ0v) is 15.2. The number of hydrogen-bond acceptors (Lipinski definition) is 5. The van der Waals surface area contributed by atoms with Gasteiger partial charge in [0.05, 0.1) is 18.6 Å². The summed E-state index contributed by atoms with van der Waals surface area (Å²) in [5.41, 5.74) is 2.66. The van der Waals surface area contributed by atoms with Gasteiger partial charge in [-0.05, 0) is 36.8 Å². The van der Waals surface area contributed by atoms with Crippen molar-refractivity contribution in [3.05, 3.63) is 64.7 Å². The van der Waals surface area contributed by atoms with Gasteiger partial charge in [-0.3, -0.25) is 14.2 Å². The number of nitrogens with zero attached hydrogens (tertiary/aromatic N) is 3. The lowest BCUT2D eigenvalue weighted by molar-refractivity contribution is -0.119. The molecule has 0 saturated carbocycles. The number of amides is 1. The second-order valence-electron chi connectivity index (χ2n) is 6.82. The number of anilines is 1. The number of hydrogen-bond donors (Lipinski definition) is 0. The van der Waals surface area contributed by atoms with Gasteiger partial charge in [-0.1, -0.05) is 18.2 Å². The van der Waals surface area contributed by atoms with E-state index in [-0.39, 0.29) is 23.6 Å². The first-order chi connectivity index (χ1) is 13.6. The van der Waals surface area contributed by atoms with Crippen LogP contribution < -0.4 is 15.2 Å². The maximum absolute atomic E-state index is 13.0. The number of benzene rings is 2. The third kappa shape index (κ3) is 2.55. The van der Waals surface area contributed by atoms with Gasteiger partial charge in [0.2, 0.25) is 11.5 Å². The van der Waals surface area contributed by atoms with Crippen LogP contribution in [0.2, 0.25) is 0 Å². The molecular weight excluding hydrogens is 358 g/mol. The van der Waals surface area contributed by atoms with E-state index in [1.54, 1.807) is 11.0 Å². The van der Waals surface area contributed by atoms with Crippen molar-refractivity contribution < 1.29 is 13.9 Å². The van der Waals surface area contributed by atoms with Gasteiger partial charge in [-0.2, -0.15) is 0 Å². The van der Waals surface area contributed by atoms with Crippen LogP contribution >= 0.6 is 0 Å². The Hall–Kier alpha value is -3.61. The normalized spacial score (nSPS) is 13.5. The first-order valence-corrected chi connectivity index (χ1v) is 9.02. The summed E-state index contributed by atoms with van der Waals surface area (Å²) in [7, 11) is 0. The fourth-order valence-corrected chi connectivity index (χ4v) is 3.55. The molecule has 0 radical (unpaired) electrons. The number of aryl methyl sites for hydroxylation is 1. The van der Waals surface area contributed by atoms with Crippen molar-refractivity contribution in [2.75, 3.05) is 18.1 Å². The van der Waals surface area contributed by atoms with E-state index < -0.39 is 0 Å². The molecule has 0 spiro atoms. The number of furan rings is 1. The first-order valence-electron chi connectivity index (χ1n) is 9.02. The standard InChI is InChI=1S/C21H17N3O4/c1-13-6-7-17-15(10-13)24(8-9-27-17)18(25)11-23-12-22-19-14-4-2-3-5-16(14)28-20(19)21(23)26/h2-7,10,12H,8-9,11H2,1H3. The second kappa shape index (κ2) is 6.23. The van der Waals surface area contributed by atoms with Crippen molar-refractivity contribution in [2.45, 2.75) is 13.5 Å². The molecule has 0 fully saturated rings. The van der Waals surface area contributed by atoms with Gasteiger partial charge in [0, 0.05) is 5.39 Å². The summed E-state index contributed by atoms with van der Waals surface area (Å²) in [6.45, 7) is 2.69. The van der Waals surface area contributed by atoms with Crippen molar-refractivity contribution in [3.8, 4) is 5.75 Å². The summed E-state index contributed by atoms with van der Waals surface area (Å²) in [4.78, 5) is 31.8. The van der Waals surface area contributed by atoms with Crippen LogP contribution in [-0.4, -0.2) is 28.6 Å². The van der Waals surface area contributed by atoms with Gasteiger partial charge < -0.3 is 14.1 Å². The van der Waals surface area contributed by atoms with Crippen molar-refractivity contribution in [3.63, 3.8) is 0 Å². The van der Waals surface area contributed by atoms with Crippen LogP contribution in [0, 0.1) is 6.92 Å². The highest BCUT2D eigenvalue weighted by Gasteiger charge is 2.25. The first kappa shape index (κ1) is 16.6. The molecule has 4 aromatic rings. The number of fused-ring (bicyclic) bond motifs is 4. The highest BCUT2D eigenvalue weighted by molar-refractivity contribution is 6.02. The molecule has 0 unspecified atom stereocenters. The molecule has 0 atom stereocenters. The lowest BCUT2D eigenvalue weighted by Gasteiger charge is -2.30. The van der Waals surface area contributed by atoms with Crippen molar-refractivity contribution in [1.82, 2.24) is 9.55 Å². The quantitative estimate of drug-likeness (QED) is 0.538. The number of carbonyl (C=O) groups is 1. The maximum Gasteiger partial charge on any atom is 0.297 e.